The highest BCUT2D eigenvalue weighted by Crippen LogP contribution is 2.34. The number of aryl methyl sites for hydroxylation is 1. The first-order valence-corrected chi connectivity index (χ1v) is 13.9. The van der Waals surface area contributed by atoms with E-state index in [0.717, 1.165) is 86.5 Å². The van der Waals surface area contributed by atoms with Crippen LogP contribution in [0, 0.1) is 0 Å². The molecule has 2 saturated heterocycles. The van der Waals surface area contributed by atoms with E-state index >= 15 is 0 Å². The molecule has 0 amide bonds. The van der Waals surface area contributed by atoms with Crippen LogP contribution >= 0.6 is 11.8 Å². The van der Waals surface area contributed by atoms with E-state index in [-0.39, 0.29) is 0 Å². The Morgan fingerprint density at radius 1 is 1.03 bits per heavy atom. The van der Waals surface area contributed by atoms with Gasteiger partial charge < -0.3 is 9.47 Å². The van der Waals surface area contributed by atoms with Gasteiger partial charge in [-0.1, -0.05) is 49.0 Å². The van der Waals surface area contributed by atoms with Crippen LogP contribution in [0.1, 0.15) is 55.5 Å². The Morgan fingerprint density at radius 3 is 2.54 bits per heavy atom. The van der Waals surface area contributed by atoms with Crippen LogP contribution < -0.4 is 4.74 Å². The van der Waals surface area contributed by atoms with Gasteiger partial charge in [0.2, 0.25) is 0 Å². The van der Waals surface area contributed by atoms with Crippen molar-refractivity contribution in [2.75, 3.05) is 32.6 Å². The van der Waals surface area contributed by atoms with Crippen LogP contribution in [-0.2, 0) is 17.7 Å². The lowest BCUT2D eigenvalue weighted by molar-refractivity contribution is 0.129. The summed E-state index contributed by atoms with van der Waals surface area (Å²) < 4.78 is 13.6. The third-order valence-corrected chi connectivity index (χ3v) is 8.24. The number of hydrogen-bond acceptors (Lipinski definition) is 6. The van der Waals surface area contributed by atoms with Gasteiger partial charge in [0.1, 0.15) is 11.6 Å². The van der Waals surface area contributed by atoms with Gasteiger partial charge in [0.05, 0.1) is 18.9 Å². The minimum atomic E-state index is 0.313. The maximum absolute atomic E-state index is 5.85. The SMILES string of the molecule is CCc1ccc(CN2CCC(c3nnc(SC[C@H]4CCCO4)n3-c3cccc(OC)c3)CC2)cc1. The summed E-state index contributed by atoms with van der Waals surface area (Å²) in [4.78, 5) is 2.57. The van der Waals surface area contributed by atoms with Crippen LogP contribution in [-0.4, -0.2) is 58.3 Å². The third kappa shape index (κ3) is 5.90. The molecule has 3 heterocycles. The average molecular weight is 493 g/mol. The first kappa shape index (κ1) is 24.3. The molecule has 0 N–H and O–H groups in total. The molecule has 2 aliphatic heterocycles. The topological polar surface area (TPSA) is 52.4 Å². The molecule has 5 rings (SSSR count). The fraction of sp³-hybridized carbons (Fsp3) is 0.500. The molecule has 1 aromatic heterocycles. The minimum Gasteiger partial charge on any atom is -0.497 e. The summed E-state index contributed by atoms with van der Waals surface area (Å²) in [5, 5.41) is 10.3. The Labute approximate surface area is 213 Å². The molecule has 186 valence electrons. The smallest absolute Gasteiger partial charge is 0.195 e. The van der Waals surface area contributed by atoms with Gasteiger partial charge in [-0.25, -0.2) is 0 Å². The maximum Gasteiger partial charge on any atom is 0.195 e. The largest absolute Gasteiger partial charge is 0.497 e. The first-order chi connectivity index (χ1) is 17.2. The third-order valence-electron chi connectivity index (χ3n) is 7.18. The predicted molar refractivity (Wildman–Crippen MR) is 141 cm³/mol. The highest BCUT2D eigenvalue weighted by Gasteiger charge is 2.28. The first-order valence-electron chi connectivity index (χ1n) is 12.9. The lowest BCUT2D eigenvalue weighted by Crippen LogP contribution is -2.33. The van der Waals surface area contributed by atoms with Gasteiger partial charge in [-0.05, 0) is 68.5 Å². The van der Waals surface area contributed by atoms with Crippen molar-refractivity contribution in [3.63, 3.8) is 0 Å². The molecule has 0 saturated carbocycles. The van der Waals surface area contributed by atoms with Crippen LogP contribution in [0.15, 0.2) is 53.7 Å². The van der Waals surface area contributed by atoms with Gasteiger partial charge in [0.25, 0.3) is 0 Å². The number of likely N-dealkylation sites (tertiary alicyclic amines) is 1. The number of aromatic nitrogens is 3. The van der Waals surface area contributed by atoms with Crippen LogP contribution in [0.5, 0.6) is 5.75 Å². The molecule has 0 aliphatic carbocycles. The standard InChI is InChI=1S/C28H36N4O2S/c1-3-21-9-11-22(12-10-21)19-31-15-13-23(14-16-31)27-29-30-28(35-20-26-8-5-17-34-26)32(27)24-6-4-7-25(18-24)33-2/h4,6-7,9-12,18,23,26H,3,5,8,13-17,19-20H2,1-2H3/t26-/m1/s1. The van der Waals surface area contributed by atoms with Gasteiger partial charge in [-0.2, -0.15) is 0 Å². The van der Waals surface area contributed by atoms with Crippen molar-refractivity contribution < 1.29 is 9.47 Å². The highest BCUT2D eigenvalue weighted by atomic mass is 32.2. The second-order valence-corrected chi connectivity index (χ2v) is 10.5. The van der Waals surface area contributed by atoms with Gasteiger partial charge in [-0.15, -0.1) is 10.2 Å². The maximum atomic E-state index is 5.85. The van der Waals surface area contributed by atoms with Crippen LogP contribution in [0.25, 0.3) is 5.69 Å². The molecule has 0 spiro atoms. The Kier molecular flexibility index (Phi) is 8.06. The number of benzene rings is 2. The van der Waals surface area contributed by atoms with E-state index in [9.17, 15) is 0 Å². The van der Waals surface area contributed by atoms with Crippen molar-refractivity contribution in [2.45, 2.75) is 62.8 Å². The predicted octanol–water partition coefficient (Wildman–Crippen LogP) is 5.49. The summed E-state index contributed by atoms with van der Waals surface area (Å²) in [5.74, 6) is 3.22. The second kappa shape index (κ2) is 11.6. The number of nitrogens with zero attached hydrogens (tertiary/aromatic N) is 4. The summed E-state index contributed by atoms with van der Waals surface area (Å²) in [7, 11) is 1.71. The van der Waals surface area contributed by atoms with E-state index in [1.165, 1.54) is 11.1 Å². The van der Waals surface area contributed by atoms with E-state index in [0.29, 0.717) is 12.0 Å². The van der Waals surface area contributed by atoms with Crippen LogP contribution in [0.4, 0.5) is 0 Å². The highest BCUT2D eigenvalue weighted by molar-refractivity contribution is 7.99. The Hall–Kier alpha value is -2.35. The summed E-state index contributed by atoms with van der Waals surface area (Å²) in [5.41, 5.74) is 3.86. The molecule has 2 aliphatic rings. The average Bonchev–Trinajstić information content (AvgIpc) is 3.58. The van der Waals surface area contributed by atoms with E-state index in [2.05, 4.69) is 57.9 Å². The molecule has 3 aromatic rings. The van der Waals surface area contributed by atoms with Crippen molar-refractivity contribution >= 4 is 11.8 Å². The number of methoxy groups -OCH3 is 1. The van der Waals surface area contributed by atoms with Crippen molar-refractivity contribution in [1.29, 1.82) is 0 Å². The number of thioether (sulfide) groups is 1. The fourth-order valence-electron chi connectivity index (χ4n) is 5.06. The molecule has 0 bridgehead atoms. The number of ether oxygens (including phenoxy) is 2. The van der Waals surface area contributed by atoms with Crippen LogP contribution in [0.3, 0.4) is 0 Å². The van der Waals surface area contributed by atoms with Gasteiger partial charge in [-0.3, -0.25) is 9.47 Å². The molecular formula is C28H36N4O2S. The van der Waals surface area contributed by atoms with Gasteiger partial charge in [0, 0.05) is 30.9 Å². The lowest BCUT2D eigenvalue weighted by Gasteiger charge is -2.31. The molecule has 7 heteroatoms. The number of rotatable bonds is 9. The fourth-order valence-corrected chi connectivity index (χ4v) is 6.09. The van der Waals surface area contributed by atoms with E-state index < -0.39 is 0 Å². The molecule has 2 aromatic carbocycles. The second-order valence-electron chi connectivity index (χ2n) is 9.54. The van der Waals surface area contributed by atoms with Gasteiger partial charge >= 0.3 is 0 Å². The Balaban J connectivity index is 1.31. The zero-order valence-electron chi connectivity index (χ0n) is 20.9. The number of piperidine rings is 1. The quantitative estimate of drug-likeness (QED) is 0.368. The molecule has 6 nitrogen and oxygen atoms in total. The minimum absolute atomic E-state index is 0.313. The van der Waals surface area contributed by atoms with Crippen molar-refractivity contribution in [3.8, 4) is 11.4 Å². The Bertz CT molecular complexity index is 1090. The lowest BCUT2D eigenvalue weighted by atomic mass is 9.95. The molecule has 2 fully saturated rings. The van der Waals surface area contributed by atoms with Crippen molar-refractivity contribution in [2.24, 2.45) is 0 Å². The summed E-state index contributed by atoms with van der Waals surface area (Å²) in [6.07, 6.45) is 5.87. The summed E-state index contributed by atoms with van der Waals surface area (Å²) in [6.45, 7) is 6.24. The normalized spacial score (nSPS) is 19.3. The molecule has 0 unspecified atom stereocenters. The molecular weight excluding hydrogens is 456 g/mol. The zero-order chi connectivity index (χ0) is 24.0. The zero-order valence-corrected chi connectivity index (χ0v) is 21.7. The molecule has 1 atom stereocenters. The number of hydrogen-bond donors (Lipinski definition) is 0. The van der Waals surface area contributed by atoms with Gasteiger partial charge in [0.15, 0.2) is 5.16 Å². The monoisotopic (exact) mass is 492 g/mol. The summed E-state index contributed by atoms with van der Waals surface area (Å²) in [6, 6.07) is 17.3. The molecule has 35 heavy (non-hydrogen) atoms. The van der Waals surface area contributed by atoms with E-state index in [1.54, 1.807) is 18.9 Å². The van der Waals surface area contributed by atoms with E-state index in [4.69, 9.17) is 14.6 Å². The van der Waals surface area contributed by atoms with Crippen molar-refractivity contribution in [1.82, 2.24) is 19.7 Å². The Morgan fingerprint density at radius 2 is 1.83 bits per heavy atom. The van der Waals surface area contributed by atoms with E-state index in [1.807, 2.05) is 12.1 Å². The molecule has 0 radical (unpaired) electrons. The summed E-state index contributed by atoms with van der Waals surface area (Å²) >= 11 is 1.76. The van der Waals surface area contributed by atoms with Crippen molar-refractivity contribution in [3.05, 3.63) is 65.5 Å². The van der Waals surface area contributed by atoms with Crippen LogP contribution in [0.2, 0.25) is 0 Å².